The van der Waals surface area contributed by atoms with Crippen molar-refractivity contribution >= 4 is 23.2 Å². The summed E-state index contributed by atoms with van der Waals surface area (Å²) in [5, 5.41) is 11.1. The second-order valence-corrected chi connectivity index (χ2v) is 5.89. The number of hydrogen-bond acceptors (Lipinski definition) is 3. The zero-order valence-electron chi connectivity index (χ0n) is 10.6. The van der Waals surface area contributed by atoms with E-state index < -0.39 is 11.4 Å². The van der Waals surface area contributed by atoms with Crippen LogP contribution in [0.2, 0.25) is 0 Å². The summed E-state index contributed by atoms with van der Waals surface area (Å²) in [6.07, 6.45) is 1.36. The Bertz CT molecular complexity index is 482. The standard InChI is InChI=1S/C13H17NO3S/c1-3-9-4-7-18-10(9)11(15)14-6-5-13(2,8-14)12(16)17/h4,7H,3,5-6,8H2,1-2H3,(H,16,17)/t13-/m0/s1. The molecule has 0 bridgehead atoms. The van der Waals surface area contributed by atoms with Crippen molar-refractivity contribution in [2.24, 2.45) is 5.41 Å². The number of carbonyl (C=O) groups is 2. The van der Waals surface area contributed by atoms with Crippen LogP contribution in [0.3, 0.4) is 0 Å². The van der Waals surface area contributed by atoms with Gasteiger partial charge in [-0.2, -0.15) is 0 Å². The summed E-state index contributed by atoms with van der Waals surface area (Å²) >= 11 is 1.44. The van der Waals surface area contributed by atoms with Gasteiger partial charge < -0.3 is 10.0 Å². The number of nitrogens with zero attached hydrogens (tertiary/aromatic N) is 1. The van der Waals surface area contributed by atoms with Crippen molar-refractivity contribution in [2.45, 2.75) is 26.7 Å². The van der Waals surface area contributed by atoms with Crippen LogP contribution in [-0.4, -0.2) is 35.0 Å². The van der Waals surface area contributed by atoms with Crippen LogP contribution in [0.4, 0.5) is 0 Å². The molecule has 1 fully saturated rings. The maximum atomic E-state index is 12.3. The molecule has 1 aromatic rings. The van der Waals surface area contributed by atoms with Crippen LogP contribution in [0.25, 0.3) is 0 Å². The zero-order chi connectivity index (χ0) is 13.3. The summed E-state index contributed by atoms with van der Waals surface area (Å²) in [6.45, 7) is 4.56. The Kier molecular flexibility index (Phi) is 3.43. The minimum absolute atomic E-state index is 0.0215. The van der Waals surface area contributed by atoms with Gasteiger partial charge >= 0.3 is 5.97 Å². The molecule has 1 amide bonds. The van der Waals surface area contributed by atoms with Gasteiger partial charge in [0.2, 0.25) is 0 Å². The Labute approximate surface area is 110 Å². The molecule has 5 heteroatoms. The van der Waals surface area contributed by atoms with Crippen molar-refractivity contribution in [3.8, 4) is 0 Å². The highest BCUT2D eigenvalue weighted by atomic mass is 32.1. The molecule has 0 aliphatic carbocycles. The van der Waals surface area contributed by atoms with E-state index in [1.54, 1.807) is 11.8 Å². The molecular weight excluding hydrogens is 250 g/mol. The Morgan fingerprint density at radius 1 is 1.56 bits per heavy atom. The third-order valence-corrected chi connectivity index (χ3v) is 4.54. The lowest BCUT2D eigenvalue weighted by molar-refractivity contribution is -0.147. The number of carboxylic acid groups (broad SMARTS) is 1. The highest BCUT2D eigenvalue weighted by Crippen LogP contribution is 2.32. The second kappa shape index (κ2) is 4.72. The third kappa shape index (κ3) is 2.14. The van der Waals surface area contributed by atoms with Crippen molar-refractivity contribution in [3.63, 3.8) is 0 Å². The van der Waals surface area contributed by atoms with Crippen molar-refractivity contribution < 1.29 is 14.7 Å². The van der Waals surface area contributed by atoms with E-state index in [0.29, 0.717) is 19.5 Å². The number of carboxylic acids is 1. The van der Waals surface area contributed by atoms with Gasteiger partial charge in [-0.25, -0.2) is 0 Å². The predicted molar refractivity (Wildman–Crippen MR) is 70.0 cm³/mol. The summed E-state index contributed by atoms with van der Waals surface area (Å²) in [7, 11) is 0. The molecule has 1 atom stereocenters. The minimum Gasteiger partial charge on any atom is -0.481 e. The molecule has 18 heavy (non-hydrogen) atoms. The highest BCUT2D eigenvalue weighted by Gasteiger charge is 2.42. The predicted octanol–water partition coefficient (Wildman–Crippen LogP) is 2.25. The average Bonchev–Trinajstić information content (AvgIpc) is 2.94. The number of rotatable bonds is 3. The lowest BCUT2D eigenvalue weighted by atomic mass is 9.90. The summed E-state index contributed by atoms with van der Waals surface area (Å²) in [4.78, 5) is 25.9. The molecule has 0 unspecified atom stereocenters. The van der Waals surface area contributed by atoms with Crippen LogP contribution in [0.1, 0.15) is 35.5 Å². The highest BCUT2D eigenvalue weighted by molar-refractivity contribution is 7.12. The first-order valence-electron chi connectivity index (χ1n) is 6.07. The number of thiophene rings is 1. The summed E-state index contributed by atoms with van der Waals surface area (Å²) in [5.41, 5.74) is 0.258. The van der Waals surface area contributed by atoms with Gasteiger partial charge in [-0.05, 0) is 36.8 Å². The molecule has 0 radical (unpaired) electrons. The molecule has 98 valence electrons. The third-order valence-electron chi connectivity index (χ3n) is 3.60. The Morgan fingerprint density at radius 2 is 2.28 bits per heavy atom. The molecule has 1 aromatic heterocycles. The van der Waals surface area contributed by atoms with E-state index in [4.69, 9.17) is 5.11 Å². The van der Waals surface area contributed by atoms with Gasteiger partial charge in [0.05, 0.1) is 10.3 Å². The monoisotopic (exact) mass is 267 g/mol. The fraction of sp³-hybridized carbons (Fsp3) is 0.538. The van der Waals surface area contributed by atoms with Crippen molar-refractivity contribution in [2.75, 3.05) is 13.1 Å². The van der Waals surface area contributed by atoms with Crippen molar-refractivity contribution in [1.82, 2.24) is 4.90 Å². The van der Waals surface area contributed by atoms with Gasteiger partial charge in [-0.1, -0.05) is 6.92 Å². The largest absolute Gasteiger partial charge is 0.481 e. The lowest BCUT2D eigenvalue weighted by Crippen LogP contribution is -2.34. The van der Waals surface area contributed by atoms with E-state index in [-0.39, 0.29) is 5.91 Å². The first-order valence-corrected chi connectivity index (χ1v) is 6.95. The van der Waals surface area contributed by atoms with Gasteiger partial charge in [0.1, 0.15) is 0 Å². The van der Waals surface area contributed by atoms with E-state index in [1.807, 2.05) is 18.4 Å². The van der Waals surface area contributed by atoms with E-state index in [1.165, 1.54) is 11.3 Å². The van der Waals surface area contributed by atoms with E-state index in [0.717, 1.165) is 16.9 Å². The molecule has 0 spiro atoms. The molecule has 1 aliphatic heterocycles. The summed E-state index contributed by atoms with van der Waals surface area (Å²) < 4.78 is 0. The number of likely N-dealkylation sites (tertiary alicyclic amines) is 1. The van der Waals surface area contributed by atoms with Gasteiger partial charge in [0.15, 0.2) is 0 Å². The van der Waals surface area contributed by atoms with E-state index in [9.17, 15) is 9.59 Å². The molecule has 4 nitrogen and oxygen atoms in total. The van der Waals surface area contributed by atoms with Crippen LogP contribution < -0.4 is 0 Å². The normalized spacial score (nSPS) is 23.3. The first-order chi connectivity index (χ1) is 8.48. The molecule has 2 rings (SSSR count). The SMILES string of the molecule is CCc1ccsc1C(=O)N1CC[C@](C)(C(=O)O)C1. The number of aryl methyl sites for hydroxylation is 1. The molecule has 1 saturated heterocycles. The summed E-state index contributed by atoms with van der Waals surface area (Å²) in [5.74, 6) is -0.841. The number of carbonyl (C=O) groups excluding carboxylic acids is 1. The Morgan fingerprint density at radius 3 is 2.83 bits per heavy atom. The van der Waals surface area contributed by atoms with Crippen LogP contribution in [0, 0.1) is 5.41 Å². The molecule has 0 aromatic carbocycles. The van der Waals surface area contributed by atoms with Crippen LogP contribution >= 0.6 is 11.3 Å². The maximum Gasteiger partial charge on any atom is 0.311 e. The fourth-order valence-electron chi connectivity index (χ4n) is 2.25. The van der Waals surface area contributed by atoms with Crippen molar-refractivity contribution in [1.29, 1.82) is 0 Å². The molecule has 1 N–H and O–H groups in total. The molecule has 2 heterocycles. The lowest BCUT2D eigenvalue weighted by Gasteiger charge is -2.20. The molecule has 0 saturated carbocycles. The Balaban J connectivity index is 2.15. The van der Waals surface area contributed by atoms with Gasteiger partial charge in [0, 0.05) is 13.1 Å². The topological polar surface area (TPSA) is 57.6 Å². The van der Waals surface area contributed by atoms with Crippen LogP contribution in [-0.2, 0) is 11.2 Å². The van der Waals surface area contributed by atoms with E-state index >= 15 is 0 Å². The molecule has 1 aliphatic rings. The fourth-order valence-corrected chi connectivity index (χ4v) is 3.22. The maximum absolute atomic E-state index is 12.3. The number of hydrogen-bond donors (Lipinski definition) is 1. The smallest absolute Gasteiger partial charge is 0.311 e. The molecular formula is C13H17NO3S. The van der Waals surface area contributed by atoms with Crippen LogP contribution in [0.5, 0.6) is 0 Å². The number of aliphatic carboxylic acids is 1. The average molecular weight is 267 g/mol. The zero-order valence-corrected chi connectivity index (χ0v) is 11.4. The van der Waals surface area contributed by atoms with Gasteiger partial charge in [-0.3, -0.25) is 9.59 Å². The Hall–Kier alpha value is -1.36. The second-order valence-electron chi connectivity index (χ2n) is 4.97. The first kappa shape index (κ1) is 13.1. The van der Waals surface area contributed by atoms with Gasteiger partial charge in [-0.15, -0.1) is 11.3 Å². The number of amides is 1. The minimum atomic E-state index is -0.820. The summed E-state index contributed by atoms with van der Waals surface area (Å²) in [6, 6.07) is 1.96. The van der Waals surface area contributed by atoms with E-state index in [2.05, 4.69) is 0 Å². The van der Waals surface area contributed by atoms with Crippen molar-refractivity contribution in [3.05, 3.63) is 21.9 Å². The van der Waals surface area contributed by atoms with Gasteiger partial charge in [0.25, 0.3) is 5.91 Å². The quantitative estimate of drug-likeness (QED) is 0.913. The van der Waals surface area contributed by atoms with Crippen LogP contribution in [0.15, 0.2) is 11.4 Å².